The molecule has 1 aromatic carbocycles. The molecule has 0 aliphatic heterocycles. The molecule has 2 rings (SSSR count). The van der Waals surface area contributed by atoms with Crippen molar-refractivity contribution in [1.82, 2.24) is 9.55 Å². The third-order valence-corrected chi connectivity index (χ3v) is 2.88. The van der Waals surface area contributed by atoms with E-state index in [0.29, 0.717) is 12.2 Å². The smallest absolute Gasteiger partial charge is 0.224 e. The molecule has 0 atom stereocenters. The second-order valence-corrected chi connectivity index (χ2v) is 4.87. The summed E-state index contributed by atoms with van der Waals surface area (Å²) >= 11 is 0. The number of amides is 1. The van der Waals surface area contributed by atoms with Crippen LogP contribution in [0.1, 0.15) is 13.8 Å². The summed E-state index contributed by atoms with van der Waals surface area (Å²) in [6.45, 7) is 4.14. The molecule has 0 saturated carbocycles. The lowest BCUT2D eigenvalue weighted by molar-refractivity contribution is -0.126. The Hall–Kier alpha value is -2.04. The minimum atomic E-state index is -0.602. The molecule has 90 valence electrons. The summed E-state index contributed by atoms with van der Waals surface area (Å²) < 4.78 is 1.92. The van der Waals surface area contributed by atoms with Gasteiger partial charge in [0.05, 0.1) is 22.8 Å². The van der Waals surface area contributed by atoms with E-state index in [1.54, 1.807) is 6.33 Å². The Morgan fingerprint density at radius 1 is 1.47 bits per heavy atom. The standard InChI is InChI=1S/C12H16N4O/c1-12(2,11(14)17)6-16-7-15-9-5-8(13)3-4-10(9)16/h3-5,7H,6,13H2,1-2H3,(H2,14,17). The second-order valence-electron chi connectivity index (χ2n) is 4.87. The van der Waals surface area contributed by atoms with E-state index in [0.717, 1.165) is 11.0 Å². The molecule has 0 bridgehead atoms. The maximum Gasteiger partial charge on any atom is 0.224 e. The van der Waals surface area contributed by atoms with Crippen molar-refractivity contribution in [2.75, 3.05) is 5.73 Å². The van der Waals surface area contributed by atoms with Crippen molar-refractivity contribution in [2.24, 2.45) is 11.1 Å². The summed E-state index contributed by atoms with van der Waals surface area (Å²) in [7, 11) is 0. The van der Waals surface area contributed by atoms with Crippen LogP contribution in [0.25, 0.3) is 11.0 Å². The van der Waals surface area contributed by atoms with Crippen LogP contribution >= 0.6 is 0 Å². The van der Waals surface area contributed by atoms with Gasteiger partial charge in [0.2, 0.25) is 5.91 Å². The molecule has 0 aliphatic carbocycles. The van der Waals surface area contributed by atoms with E-state index in [1.165, 1.54) is 0 Å². The number of nitrogens with two attached hydrogens (primary N) is 2. The molecule has 1 heterocycles. The maximum absolute atomic E-state index is 11.3. The van der Waals surface area contributed by atoms with Gasteiger partial charge in [-0.1, -0.05) is 0 Å². The van der Waals surface area contributed by atoms with Crippen molar-refractivity contribution in [1.29, 1.82) is 0 Å². The van der Waals surface area contributed by atoms with Crippen LogP contribution in [0.5, 0.6) is 0 Å². The fraction of sp³-hybridized carbons (Fsp3) is 0.333. The molecule has 2 aromatic rings. The number of nitrogens with zero attached hydrogens (tertiary/aromatic N) is 2. The maximum atomic E-state index is 11.3. The lowest BCUT2D eigenvalue weighted by Gasteiger charge is -2.21. The fourth-order valence-corrected chi connectivity index (χ4v) is 1.71. The number of nitrogen functional groups attached to an aromatic ring is 1. The van der Waals surface area contributed by atoms with Crippen molar-refractivity contribution in [3.63, 3.8) is 0 Å². The van der Waals surface area contributed by atoms with E-state index in [2.05, 4.69) is 4.98 Å². The van der Waals surface area contributed by atoms with Crippen molar-refractivity contribution in [3.8, 4) is 0 Å². The topological polar surface area (TPSA) is 86.9 Å². The first kappa shape index (κ1) is 11.4. The quantitative estimate of drug-likeness (QED) is 0.778. The van der Waals surface area contributed by atoms with Crippen molar-refractivity contribution in [2.45, 2.75) is 20.4 Å². The Bertz CT molecular complexity index is 571. The fourth-order valence-electron chi connectivity index (χ4n) is 1.71. The van der Waals surface area contributed by atoms with Crippen molar-refractivity contribution >= 4 is 22.6 Å². The zero-order chi connectivity index (χ0) is 12.6. The largest absolute Gasteiger partial charge is 0.399 e. The number of carbonyl (C=O) groups excluding carboxylic acids is 1. The molecule has 0 spiro atoms. The van der Waals surface area contributed by atoms with Crippen molar-refractivity contribution in [3.05, 3.63) is 24.5 Å². The summed E-state index contributed by atoms with van der Waals surface area (Å²) in [5.41, 5.74) is 12.9. The summed E-state index contributed by atoms with van der Waals surface area (Å²) in [6, 6.07) is 5.52. The van der Waals surface area contributed by atoms with E-state index >= 15 is 0 Å². The molecule has 0 fully saturated rings. The molecule has 0 unspecified atom stereocenters. The Morgan fingerprint density at radius 2 is 2.18 bits per heavy atom. The number of rotatable bonds is 3. The van der Waals surface area contributed by atoms with Gasteiger partial charge in [0.15, 0.2) is 0 Å². The van der Waals surface area contributed by atoms with E-state index in [9.17, 15) is 4.79 Å². The van der Waals surface area contributed by atoms with Gasteiger partial charge in [0.1, 0.15) is 0 Å². The zero-order valence-electron chi connectivity index (χ0n) is 9.97. The highest BCUT2D eigenvalue weighted by atomic mass is 16.1. The number of primary amides is 1. The SMILES string of the molecule is CC(C)(Cn1cnc2cc(N)ccc21)C(N)=O. The van der Waals surface area contributed by atoms with E-state index < -0.39 is 5.41 Å². The normalized spacial score (nSPS) is 11.9. The van der Waals surface area contributed by atoms with E-state index in [-0.39, 0.29) is 5.91 Å². The summed E-state index contributed by atoms with van der Waals surface area (Å²) in [5, 5.41) is 0. The monoisotopic (exact) mass is 232 g/mol. The molecule has 4 N–H and O–H groups in total. The predicted octanol–water partition coefficient (Wildman–Crippen LogP) is 1.13. The summed E-state index contributed by atoms with van der Waals surface area (Å²) in [6.07, 6.45) is 1.70. The lowest BCUT2D eigenvalue weighted by atomic mass is 9.92. The van der Waals surface area contributed by atoms with Gasteiger partial charge in [-0.3, -0.25) is 4.79 Å². The van der Waals surface area contributed by atoms with Gasteiger partial charge in [-0.15, -0.1) is 0 Å². The van der Waals surface area contributed by atoms with Crippen molar-refractivity contribution < 1.29 is 4.79 Å². The van der Waals surface area contributed by atoms with Gasteiger partial charge in [0.25, 0.3) is 0 Å². The predicted molar refractivity (Wildman–Crippen MR) is 67.1 cm³/mol. The molecular weight excluding hydrogens is 216 g/mol. The molecule has 0 saturated heterocycles. The summed E-state index contributed by atoms with van der Waals surface area (Å²) in [5.74, 6) is -0.324. The van der Waals surface area contributed by atoms with Gasteiger partial charge in [0, 0.05) is 12.2 Å². The van der Waals surface area contributed by atoms with Crippen LogP contribution in [0.4, 0.5) is 5.69 Å². The Labute approximate surface area is 99.4 Å². The molecule has 0 aliphatic rings. The van der Waals surface area contributed by atoms with Crippen LogP contribution in [0.3, 0.4) is 0 Å². The number of anilines is 1. The highest BCUT2D eigenvalue weighted by molar-refractivity contribution is 5.81. The number of imidazole rings is 1. The Balaban J connectivity index is 2.41. The minimum Gasteiger partial charge on any atom is -0.399 e. The average Bonchev–Trinajstić information content (AvgIpc) is 2.60. The highest BCUT2D eigenvalue weighted by Crippen LogP contribution is 2.22. The number of fused-ring (bicyclic) bond motifs is 1. The molecule has 17 heavy (non-hydrogen) atoms. The number of benzene rings is 1. The van der Waals surface area contributed by atoms with Crippen LogP contribution in [-0.4, -0.2) is 15.5 Å². The number of hydrogen-bond donors (Lipinski definition) is 2. The molecule has 1 amide bonds. The molecular formula is C12H16N4O. The number of hydrogen-bond acceptors (Lipinski definition) is 3. The third-order valence-electron chi connectivity index (χ3n) is 2.88. The van der Waals surface area contributed by atoms with E-state index in [4.69, 9.17) is 11.5 Å². The van der Waals surface area contributed by atoms with Crippen LogP contribution in [0, 0.1) is 5.41 Å². The third kappa shape index (κ3) is 2.08. The average molecular weight is 232 g/mol. The molecule has 0 radical (unpaired) electrons. The Morgan fingerprint density at radius 3 is 2.82 bits per heavy atom. The van der Waals surface area contributed by atoms with Gasteiger partial charge in [-0.05, 0) is 32.0 Å². The highest BCUT2D eigenvalue weighted by Gasteiger charge is 2.26. The van der Waals surface area contributed by atoms with Gasteiger partial charge in [-0.25, -0.2) is 4.98 Å². The second kappa shape index (κ2) is 3.76. The van der Waals surface area contributed by atoms with Crippen LogP contribution < -0.4 is 11.5 Å². The summed E-state index contributed by atoms with van der Waals surface area (Å²) in [4.78, 5) is 15.6. The molecule has 1 aromatic heterocycles. The number of aromatic nitrogens is 2. The first-order valence-electron chi connectivity index (χ1n) is 5.40. The van der Waals surface area contributed by atoms with Crippen LogP contribution in [0.15, 0.2) is 24.5 Å². The Kier molecular flexibility index (Phi) is 2.53. The van der Waals surface area contributed by atoms with Gasteiger partial charge >= 0.3 is 0 Å². The number of carbonyl (C=O) groups is 1. The molecule has 5 nitrogen and oxygen atoms in total. The zero-order valence-corrected chi connectivity index (χ0v) is 9.97. The molecule has 5 heteroatoms. The van der Waals surface area contributed by atoms with Crippen LogP contribution in [0.2, 0.25) is 0 Å². The minimum absolute atomic E-state index is 0.324. The van der Waals surface area contributed by atoms with Gasteiger partial charge in [-0.2, -0.15) is 0 Å². The van der Waals surface area contributed by atoms with Crippen LogP contribution in [-0.2, 0) is 11.3 Å². The first-order chi connectivity index (χ1) is 7.90. The van der Waals surface area contributed by atoms with E-state index in [1.807, 2.05) is 36.6 Å². The van der Waals surface area contributed by atoms with Gasteiger partial charge < -0.3 is 16.0 Å². The lowest BCUT2D eigenvalue weighted by Crippen LogP contribution is -2.35. The first-order valence-corrected chi connectivity index (χ1v) is 5.40.